The molecule has 122 valence electrons. The van der Waals surface area contributed by atoms with Gasteiger partial charge in [0.1, 0.15) is 5.82 Å². The Labute approximate surface area is 133 Å². The highest BCUT2D eigenvalue weighted by molar-refractivity contribution is 7.88. The summed E-state index contributed by atoms with van der Waals surface area (Å²) in [5, 5.41) is 11.4. The maximum absolute atomic E-state index is 14.2. The topological polar surface area (TPSA) is 71.3 Å². The van der Waals surface area contributed by atoms with Gasteiger partial charge in [-0.1, -0.05) is 24.3 Å². The molecular formula is C16H17FN2O3S. The first kappa shape index (κ1) is 15.9. The van der Waals surface area contributed by atoms with E-state index in [4.69, 9.17) is 0 Å². The summed E-state index contributed by atoms with van der Waals surface area (Å²) in [6.07, 6.45) is 0.113. The van der Waals surface area contributed by atoms with E-state index in [0.717, 1.165) is 17.2 Å². The lowest BCUT2D eigenvalue weighted by molar-refractivity contribution is 0.161. The minimum Gasteiger partial charge on any atom is -0.390 e. The molecule has 0 amide bonds. The smallest absolute Gasteiger partial charge is 0.208 e. The number of halogens is 1. The fourth-order valence-electron chi connectivity index (χ4n) is 2.77. The Hall–Kier alpha value is -1.96. The molecule has 1 unspecified atom stereocenters. The van der Waals surface area contributed by atoms with Crippen molar-refractivity contribution in [1.29, 1.82) is 0 Å². The highest BCUT2D eigenvalue weighted by Crippen LogP contribution is 2.30. The minimum atomic E-state index is -3.37. The van der Waals surface area contributed by atoms with Crippen LogP contribution in [-0.4, -0.2) is 37.0 Å². The van der Waals surface area contributed by atoms with E-state index < -0.39 is 16.1 Å². The van der Waals surface area contributed by atoms with Crippen molar-refractivity contribution in [3.05, 3.63) is 48.3 Å². The van der Waals surface area contributed by atoms with Crippen LogP contribution in [-0.2, 0) is 16.6 Å². The molecule has 0 radical (unpaired) electrons. The minimum absolute atomic E-state index is 0.0951. The molecule has 1 atom stereocenters. The Bertz CT molecular complexity index is 966. The molecule has 23 heavy (non-hydrogen) atoms. The zero-order valence-corrected chi connectivity index (χ0v) is 13.3. The summed E-state index contributed by atoms with van der Waals surface area (Å²) in [6, 6.07) is 12.2. The molecule has 2 N–H and O–H groups in total. The monoisotopic (exact) mass is 336 g/mol. The summed E-state index contributed by atoms with van der Waals surface area (Å²) >= 11 is 0. The van der Waals surface area contributed by atoms with E-state index >= 15 is 0 Å². The zero-order chi connectivity index (χ0) is 16.6. The van der Waals surface area contributed by atoms with Crippen molar-refractivity contribution in [2.75, 3.05) is 12.8 Å². The lowest BCUT2D eigenvalue weighted by atomic mass is 10.1. The molecule has 0 aliphatic rings. The molecule has 2 aromatic carbocycles. The normalized spacial score (nSPS) is 13.7. The van der Waals surface area contributed by atoms with Gasteiger partial charge in [-0.05, 0) is 18.2 Å². The van der Waals surface area contributed by atoms with Gasteiger partial charge in [-0.25, -0.2) is 17.5 Å². The second-order valence-corrected chi connectivity index (χ2v) is 7.37. The SMILES string of the molecule is CS(=O)(=O)NCC(O)Cn1c2ccccc2c2c(F)cccc21. The molecule has 1 aromatic heterocycles. The molecule has 7 heteroatoms. The largest absolute Gasteiger partial charge is 0.390 e. The van der Waals surface area contributed by atoms with Gasteiger partial charge in [0.15, 0.2) is 0 Å². The number of nitrogens with zero attached hydrogens (tertiary/aromatic N) is 1. The highest BCUT2D eigenvalue weighted by atomic mass is 32.2. The number of aliphatic hydroxyl groups is 1. The molecule has 0 saturated heterocycles. The fourth-order valence-corrected chi connectivity index (χ4v) is 3.27. The van der Waals surface area contributed by atoms with Crippen LogP contribution in [0.2, 0.25) is 0 Å². The van der Waals surface area contributed by atoms with Gasteiger partial charge < -0.3 is 9.67 Å². The van der Waals surface area contributed by atoms with E-state index in [1.807, 2.05) is 28.8 Å². The van der Waals surface area contributed by atoms with Crippen LogP contribution in [0.5, 0.6) is 0 Å². The van der Waals surface area contributed by atoms with Gasteiger partial charge in [-0.15, -0.1) is 0 Å². The second-order valence-electron chi connectivity index (χ2n) is 5.54. The van der Waals surface area contributed by atoms with E-state index in [1.54, 1.807) is 12.1 Å². The molecule has 1 heterocycles. The maximum Gasteiger partial charge on any atom is 0.208 e. The van der Waals surface area contributed by atoms with E-state index in [9.17, 15) is 17.9 Å². The van der Waals surface area contributed by atoms with Crippen molar-refractivity contribution >= 4 is 31.8 Å². The van der Waals surface area contributed by atoms with Crippen molar-refractivity contribution in [3.63, 3.8) is 0 Å². The van der Waals surface area contributed by atoms with Gasteiger partial charge in [-0.2, -0.15) is 0 Å². The predicted octanol–water partition coefficient (Wildman–Crippen LogP) is 1.84. The van der Waals surface area contributed by atoms with Crippen LogP contribution in [0.15, 0.2) is 42.5 Å². The van der Waals surface area contributed by atoms with Crippen LogP contribution < -0.4 is 4.72 Å². The summed E-state index contributed by atoms with van der Waals surface area (Å²) in [5.74, 6) is -0.318. The van der Waals surface area contributed by atoms with E-state index in [0.29, 0.717) is 10.9 Å². The van der Waals surface area contributed by atoms with Crippen LogP contribution >= 0.6 is 0 Å². The number of aliphatic hydroxyl groups excluding tert-OH is 1. The Morgan fingerprint density at radius 1 is 1.17 bits per heavy atom. The van der Waals surface area contributed by atoms with Crippen LogP contribution in [0.3, 0.4) is 0 Å². The molecule has 0 spiro atoms. The molecular weight excluding hydrogens is 319 g/mol. The number of aromatic nitrogens is 1. The van der Waals surface area contributed by atoms with Crippen LogP contribution in [0.25, 0.3) is 21.8 Å². The number of para-hydroxylation sites is 1. The molecule has 3 rings (SSSR count). The van der Waals surface area contributed by atoms with Crippen molar-refractivity contribution in [1.82, 2.24) is 9.29 Å². The molecule has 0 aliphatic carbocycles. The van der Waals surface area contributed by atoms with E-state index in [2.05, 4.69) is 4.72 Å². The average molecular weight is 336 g/mol. The van der Waals surface area contributed by atoms with Crippen molar-refractivity contribution in [2.45, 2.75) is 12.6 Å². The van der Waals surface area contributed by atoms with Gasteiger partial charge in [0.2, 0.25) is 10.0 Å². The summed E-state index contributed by atoms with van der Waals surface area (Å²) < 4.78 is 40.5. The number of hydrogen-bond acceptors (Lipinski definition) is 3. The fraction of sp³-hybridized carbons (Fsp3) is 0.250. The summed E-state index contributed by atoms with van der Waals surface area (Å²) in [6.45, 7) is 0.0676. The Morgan fingerprint density at radius 2 is 1.87 bits per heavy atom. The first-order valence-electron chi connectivity index (χ1n) is 7.15. The molecule has 0 saturated carbocycles. The van der Waals surface area contributed by atoms with E-state index in [1.165, 1.54) is 6.07 Å². The zero-order valence-electron chi connectivity index (χ0n) is 12.5. The third-order valence-corrected chi connectivity index (χ3v) is 4.41. The number of hydrogen-bond donors (Lipinski definition) is 2. The third kappa shape index (κ3) is 3.21. The summed E-state index contributed by atoms with van der Waals surface area (Å²) in [4.78, 5) is 0. The standard InChI is InChI=1S/C16H17FN2O3S/c1-23(21,22)18-9-11(20)10-19-14-7-3-2-5-12(14)16-13(17)6-4-8-15(16)19/h2-8,11,18,20H,9-10H2,1H3. The number of sulfonamides is 1. The number of nitrogens with one attached hydrogen (secondary N) is 1. The lowest BCUT2D eigenvalue weighted by Gasteiger charge is -2.14. The third-order valence-electron chi connectivity index (χ3n) is 3.72. The van der Waals surface area contributed by atoms with E-state index in [-0.39, 0.29) is 18.9 Å². The predicted molar refractivity (Wildman–Crippen MR) is 88.3 cm³/mol. The van der Waals surface area contributed by atoms with Gasteiger partial charge in [0, 0.05) is 22.8 Å². The molecule has 0 aliphatic heterocycles. The average Bonchev–Trinajstić information content (AvgIpc) is 2.80. The van der Waals surface area contributed by atoms with Crippen molar-refractivity contribution < 1.29 is 17.9 Å². The Morgan fingerprint density at radius 3 is 2.61 bits per heavy atom. The van der Waals surface area contributed by atoms with Crippen molar-refractivity contribution in [3.8, 4) is 0 Å². The number of rotatable bonds is 5. The van der Waals surface area contributed by atoms with Crippen molar-refractivity contribution in [2.24, 2.45) is 0 Å². The van der Waals surface area contributed by atoms with Gasteiger partial charge >= 0.3 is 0 Å². The number of benzene rings is 2. The Balaban J connectivity index is 2.04. The second kappa shape index (κ2) is 5.92. The molecule has 0 fully saturated rings. The lowest BCUT2D eigenvalue weighted by Crippen LogP contribution is -2.33. The molecule has 3 aromatic rings. The number of fused-ring (bicyclic) bond motifs is 3. The van der Waals surface area contributed by atoms with Crippen LogP contribution in [0, 0.1) is 5.82 Å². The summed E-state index contributed by atoms with van der Waals surface area (Å²) in [5.41, 5.74) is 1.47. The van der Waals surface area contributed by atoms with Gasteiger partial charge in [0.05, 0.1) is 24.4 Å². The molecule has 0 bridgehead atoms. The van der Waals surface area contributed by atoms with Crippen LogP contribution in [0.4, 0.5) is 4.39 Å². The van der Waals surface area contributed by atoms with Gasteiger partial charge in [-0.3, -0.25) is 0 Å². The quantitative estimate of drug-likeness (QED) is 0.747. The summed E-state index contributed by atoms with van der Waals surface area (Å²) in [7, 11) is -3.37. The van der Waals surface area contributed by atoms with Gasteiger partial charge in [0.25, 0.3) is 0 Å². The van der Waals surface area contributed by atoms with Crippen LogP contribution in [0.1, 0.15) is 0 Å². The highest BCUT2D eigenvalue weighted by Gasteiger charge is 2.16. The maximum atomic E-state index is 14.2. The molecule has 5 nitrogen and oxygen atoms in total. The first-order valence-corrected chi connectivity index (χ1v) is 9.04. The Kier molecular flexibility index (Phi) is 4.09. The first-order chi connectivity index (χ1) is 10.9.